The van der Waals surface area contributed by atoms with Crippen molar-refractivity contribution in [1.29, 1.82) is 0 Å². The highest BCUT2D eigenvalue weighted by Gasteiger charge is 2.71. The Morgan fingerprint density at radius 1 is 0.925 bits per heavy atom. The van der Waals surface area contributed by atoms with E-state index in [2.05, 4.69) is 57.8 Å². The van der Waals surface area contributed by atoms with Crippen molar-refractivity contribution >= 4 is 21.4 Å². The minimum atomic E-state index is -2.89. The van der Waals surface area contributed by atoms with Crippen molar-refractivity contribution in [2.24, 2.45) is 51.2 Å². The smallest absolute Gasteiger partial charge is 0.335 e. The van der Waals surface area contributed by atoms with Crippen molar-refractivity contribution in [3.63, 3.8) is 0 Å². The summed E-state index contributed by atoms with van der Waals surface area (Å²) in [6, 6.07) is 7.57. The molecule has 4 saturated carbocycles. The van der Waals surface area contributed by atoms with E-state index in [-0.39, 0.29) is 44.3 Å². The number of hydrogen-bond donors (Lipinski definition) is 2. The van der Waals surface area contributed by atoms with E-state index in [4.69, 9.17) is 9.47 Å². The average molecular weight is 753 g/mol. The average Bonchev–Trinajstić information content (AvgIpc) is 3.49. The minimum Gasteiger partial charge on any atom is -0.478 e. The van der Waals surface area contributed by atoms with Gasteiger partial charge in [0.25, 0.3) is 0 Å². The summed E-state index contributed by atoms with van der Waals surface area (Å²) in [5, 5.41) is 13.8. The molecule has 0 aromatic heterocycles. The second kappa shape index (κ2) is 13.7. The zero-order valence-electron chi connectivity index (χ0n) is 33.9. The van der Waals surface area contributed by atoms with Crippen molar-refractivity contribution in [3.8, 4) is 0 Å². The third-order valence-electron chi connectivity index (χ3n) is 17.5. The van der Waals surface area contributed by atoms with E-state index >= 15 is 0 Å². The Kier molecular flexibility index (Phi) is 10.2. The molecule has 10 atom stereocenters. The lowest BCUT2D eigenvalue weighted by atomic mass is 9.32. The van der Waals surface area contributed by atoms with E-state index in [0.717, 1.165) is 37.9 Å². The van der Waals surface area contributed by atoms with E-state index in [9.17, 15) is 18.3 Å². The number of fused-ring (bicyclic) bond motifs is 7. The molecule has 0 amide bonds. The van der Waals surface area contributed by atoms with Crippen LogP contribution < -0.4 is 5.32 Å². The van der Waals surface area contributed by atoms with Gasteiger partial charge in [-0.05, 0) is 139 Å². The first-order valence-electron chi connectivity index (χ1n) is 20.7. The summed E-state index contributed by atoms with van der Waals surface area (Å²) in [7, 11) is 0.799. The van der Waals surface area contributed by atoms with Crippen molar-refractivity contribution < 1.29 is 27.8 Å². The highest BCUT2D eigenvalue weighted by atomic mass is 32.2. The van der Waals surface area contributed by atoms with Crippen LogP contribution >= 0.6 is 0 Å². The lowest BCUT2D eigenvalue weighted by Crippen LogP contribution is -2.69. The number of sulfone groups is 1. The molecule has 6 aliphatic rings. The molecule has 0 radical (unpaired) electrons. The largest absolute Gasteiger partial charge is 0.478 e. The van der Waals surface area contributed by atoms with E-state index in [1.165, 1.54) is 44.1 Å². The Bertz CT molecular complexity index is 1680. The minimum absolute atomic E-state index is 0.0159. The van der Waals surface area contributed by atoms with Crippen LogP contribution in [-0.4, -0.2) is 94.0 Å². The van der Waals surface area contributed by atoms with Gasteiger partial charge in [0.15, 0.2) is 9.84 Å². The fourth-order valence-corrected chi connectivity index (χ4v) is 15.8. The molecule has 1 unspecified atom stereocenters. The number of hydrogen-bond acceptors (Lipinski definition) is 7. The highest BCUT2D eigenvalue weighted by molar-refractivity contribution is 7.91. The maximum absolute atomic E-state index is 12.1. The Hall–Kier alpha value is -1.78. The third-order valence-corrected chi connectivity index (χ3v) is 19.1. The van der Waals surface area contributed by atoms with Crippen LogP contribution in [0.4, 0.5) is 0 Å². The van der Waals surface area contributed by atoms with Gasteiger partial charge in [0.2, 0.25) is 0 Å². The molecule has 1 aromatic carbocycles. The maximum Gasteiger partial charge on any atom is 0.335 e. The van der Waals surface area contributed by atoms with Crippen LogP contribution in [0, 0.1) is 51.2 Å². The summed E-state index contributed by atoms with van der Waals surface area (Å²) in [5.74, 6) is 2.32. The van der Waals surface area contributed by atoms with Crippen LogP contribution in [0.2, 0.25) is 0 Å². The predicted octanol–water partition coefficient (Wildman–Crippen LogP) is 7.58. The molecule has 0 spiro atoms. The van der Waals surface area contributed by atoms with Crippen LogP contribution in [0.3, 0.4) is 0 Å². The number of carboxylic acids is 1. The number of methoxy groups -OCH3 is 2. The fourth-order valence-electron chi connectivity index (χ4n) is 14.5. The Labute approximate surface area is 320 Å². The van der Waals surface area contributed by atoms with E-state index in [1.54, 1.807) is 12.1 Å². The van der Waals surface area contributed by atoms with Gasteiger partial charge in [-0.2, -0.15) is 0 Å². The Morgan fingerprint density at radius 2 is 1.62 bits per heavy atom. The van der Waals surface area contributed by atoms with Crippen molar-refractivity contribution in [1.82, 2.24) is 10.2 Å². The lowest BCUT2D eigenvalue weighted by Gasteiger charge is -2.72. The van der Waals surface area contributed by atoms with E-state index in [1.807, 2.05) is 26.4 Å². The number of nitrogens with one attached hydrogen (secondary N) is 1. The molecule has 9 heteroatoms. The number of aromatic carboxylic acids is 1. The summed E-state index contributed by atoms with van der Waals surface area (Å²) in [5.41, 5.74) is 3.17. The summed E-state index contributed by atoms with van der Waals surface area (Å²) in [6.07, 6.45) is 13.3. The Morgan fingerprint density at radius 3 is 2.26 bits per heavy atom. The van der Waals surface area contributed by atoms with Crippen LogP contribution in [0.15, 0.2) is 30.3 Å². The van der Waals surface area contributed by atoms with Gasteiger partial charge in [-0.15, -0.1) is 0 Å². The summed E-state index contributed by atoms with van der Waals surface area (Å²) in [6.45, 7) is 18.9. The predicted molar refractivity (Wildman–Crippen MR) is 212 cm³/mol. The van der Waals surface area contributed by atoms with Gasteiger partial charge in [-0.1, -0.05) is 52.8 Å². The highest BCUT2D eigenvalue weighted by Crippen LogP contribution is 2.77. The fraction of sp³-hybridized carbons (Fsp3) is 0.795. The second-order valence-corrected chi connectivity index (χ2v) is 22.1. The molecular weight excluding hydrogens is 685 g/mol. The van der Waals surface area contributed by atoms with Crippen molar-refractivity contribution in [3.05, 3.63) is 41.5 Å². The number of rotatable bonds is 10. The van der Waals surface area contributed by atoms with E-state index < -0.39 is 15.8 Å². The molecule has 2 N–H and O–H groups in total. The second-order valence-electron chi connectivity index (χ2n) is 19.8. The standard InChI is InChI=1S/C44H68N2O6S/c1-39(2)32(30-9-11-31(12-10-30)38(47)48)15-18-40(3)35(39)17-19-42(5)36(40)14-13-33-37-34(43(6,52-8)29-51-7)16-20-44(37,22-21-41(33,42)4)45-23-24-46-25-27-53(49,50)28-26-46/h9-12,15,33-37,45H,13-14,16-29H2,1-8H3,(H,47,48)/t33-,34-,35+,36-,37+,40+,41-,42-,43?,44+/m1/s1. The first kappa shape index (κ1) is 39.5. The molecule has 1 heterocycles. The normalized spacial score (nSPS) is 41.6. The van der Waals surface area contributed by atoms with Crippen LogP contribution in [0.1, 0.15) is 115 Å². The zero-order chi connectivity index (χ0) is 38.2. The molecule has 5 aliphatic carbocycles. The Balaban J connectivity index is 1.18. The van der Waals surface area contributed by atoms with Gasteiger partial charge in [-0.3, -0.25) is 0 Å². The zero-order valence-corrected chi connectivity index (χ0v) is 34.7. The number of allylic oxidation sites excluding steroid dienone is 2. The summed E-state index contributed by atoms with van der Waals surface area (Å²) in [4.78, 5) is 13.9. The first-order chi connectivity index (χ1) is 24.9. The molecule has 53 heavy (non-hydrogen) atoms. The molecule has 296 valence electrons. The third kappa shape index (κ3) is 6.20. The molecule has 0 bridgehead atoms. The monoisotopic (exact) mass is 752 g/mol. The summed E-state index contributed by atoms with van der Waals surface area (Å²) < 4.78 is 36.6. The van der Waals surface area contributed by atoms with Gasteiger partial charge in [0, 0.05) is 45.9 Å². The molecule has 1 aromatic rings. The number of nitrogens with zero attached hydrogens (tertiary/aromatic N) is 1. The number of benzene rings is 1. The quantitative estimate of drug-likeness (QED) is 0.252. The molecule has 7 rings (SSSR count). The first-order valence-corrected chi connectivity index (χ1v) is 22.5. The topological polar surface area (TPSA) is 105 Å². The van der Waals surface area contributed by atoms with Gasteiger partial charge in [0.05, 0.1) is 29.3 Å². The number of carboxylic acid groups (broad SMARTS) is 1. The molecule has 5 fully saturated rings. The molecule has 1 aliphatic heterocycles. The van der Waals surface area contributed by atoms with Crippen molar-refractivity contribution in [2.45, 2.75) is 110 Å². The SMILES string of the molecule is COCC(C)(OC)[C@@H]1CC[C@]2(NCCN3CCS(=O)(=O)CC3)CC[C@]3(C)[C@H](CC[C@@H]4[C@@]5(C)CC=C(c6ccc(C(=O)O)cc6)C(C)(C)[C@@H]5CC[C@]43C)[C@@H]12. The van der Waals surface area contributed by atoms with Gasteiger partial charge >= 0.3 is 5.97 Å². The van der Waals surface area contributed by atoms with Crippen LogP contribution in [-0.2, 0) is 19.3 Å². The lowest BCUT2D eigenvalue weighted by molar-refractivity contribution is -0.228. The van der Waals surface area contributed by atoms with Crippen LogP contribution in [0.25, 0.3) is 5.57 Å². The van der Waals surface area contributed by atoms with E-state index in [0.29, 0.717) is 54.8 Å². The van der Waals surface area contributed by atoms with Gasteiger partial charge < -0.3 is 24.8 Å². The summed E-state index contributed by atoms with van der Waals surface area (Å²) >= 11 is 0. The molecular formula is C44H68N2O6S. The van der Waals surface area contributed by atoms with Crippen molar-refractivity contribution in [2.75, 3.05) is 58.5 Å². The molecule has 1 saturated heterocycles. The number of carbonyl (C=O) groups is 1. The van der Waals surface area contributed by atoms with Crippen LogP contribution in [0.5, 0.6) is 0 Å². The van der Waals surface area contributed by atoms with Gasteiger partial charge in [0.1, 0.15) is 0 Å². The number of ether oxygens (including phenoxy) is 2. The maximum atomic E-state index is 12.1. The van der Waals surface area contributed by atoms with Gasteiger partial charge in [-0.25, -0.2) is 13.2 Å². The molecule has 8 nitrogen and oxygen atoms in total.